The molecule has 9 heteroatoms. The molecule has 0 saturated heterocycles. The highest BCUT2D eigenvalue weighted by atomic mass is 19.4. The molecule has 0 unspecified atom stereocenters. The molecule has 1 amide bonds. The zero-order valence-corrected chi connectivity index (χ0v) is 15.7. The minimum Gasteiger partial charge on any atom is -0.350 e. The largest absolute Gasteiger partial charge is 0.416 e. The van der Waals surface area contributed by atoms with Crippen molar-refractivity contribution in [1.29, 1.82) is 0 Å². The van der Waals surface area contributed by atoms with Crippen molar-refractivity contribution < 1.29 is 18.0 Å². The molecule has 3 aromatic rings. The number of alkyl halides is 3. The first kappa shape index (κ1) is 19.7. The molecule has 2 N–H and O–H groups in total. The molecule has 0 radical (unpaired) electrons. The predicted octanol–water partition coefficient (Wildman–Crippen LogP) is 3.40. The quantitative estimate of drug-likeness (QED) is 0.700. The van der Waals surface area contributed by atoms with Gasteiger partial charge in [0.2, 0.25) is 5.91 Å². The second-order valence-corrected chi connectivity index (χ2v) is 6.56. The number of nitrogens with zero attached hydrogens (tertiary/aromatic N) is 3. The van der Waals surface area contributed by atoms with E-state index in [0.29, 0.717) is 29.2 Å². The Kier molecular flexibility index (Phi) is 5.26. The van der Waals surface area contributed by atoms with Crippen LogP contribution in [0.3, 0.4) is 0 Å². The molecule has 1 aromatic carbocycles. The van der Waals surface area contributed by atoms with Crippen LogP contribution in [0.1, 0.15) is 34.0 Å². The van der Waals surface area contributed by atoms with Crippen molar-refractivity contribution in [3.63, 3.8) is 0 Å². The Hall–Kier alpha value is -3.10. The number of rotatable bonds is 5. The molecule has 0 bridgehead atoms. The van der Waals surface area contributed by atoms with Gasteiger partial charge in [-0.2, -0.15) is 18.3 Å². The second-order valence-electron chi connectivity index (χ2n) is 6.56. The maximum Gasteiger partial charge on any atom is 0.416 e. The first-order chi connectivity index (χ1) is 13.1. The number of aryl methyl sites for hydroxylation is 2. The average Bonchev–Trinajstić information content (AvgIpc) is 3.17. The maximum atomic E-state index is 13.0. The fraction of sp³-hybridized carbons (Fsp3) is 0.316. The molecule has 148 valence electrons. The van der Waals surface area contributed by atoms with E-state index in [1.165, 1.54) is 10.7 Å². The third-order valence-corrected chi connectivity index (χ3v) is 4.43. The number of amides is 1. The van der Waals surface area contributed by atoms with Crippen LogP contribution in [0.15, 0.2) is 30.5 Å². The summed E-state index contributed by atoms with van der Waals surface area (Å²) in [6.07, 6.45) is -2.69. The third-order valence-electron chi connectivity index (χ3n) is 4.43. The maximum absolute atomic E-state index is 13.0. The summed E-state index contributed by atoms with van der Waals surface area (Å²) in [5, 5.41) is 7.13. The van der Waals surface area contributed by atoms with Crippen molar-refractivity contribution in [3.05, 3.63) is 64.5 Å². The molecule has 2 heterocycles. The summed E-state index contributed by atoms with van der Waals surface area (Å²) in [5.74, 6) is 0.556. The lowest BCUT2D eigenvalue weighted by atomic mass is 10.1. The molecule has 0 fully saturated rings. The van der Waals surface area contributed by atoms with Gasteiger partial charge in [-0.15, -0.1) is 0 Å². The van der Waals surface area contributed by atoms with Gasteiger partial charge in [-0.3, -0.25) is 4.79 Å². The number of imidazole rings is 1. The molecule has 28 heavy (non-hydrogen) atoms. The SMILES string of the molecule is Cc1ncc(CNC(=O)Cc2c(C)nn(-c3cccc(C(F)(F)F)c3)c2C)[nH]1. The van der Waals surface area contributed by atoms with Crippen LogP contribution in [-0.2, 0) is 23.9 Å². The predicted molar refractivity (Wildman–Crippen MR) is 96.9 cm³/mol. The number of nitrogens with one attached hydrogen (secondary N) is 2. The van der Waals surface area contributed by atoms with Crippen molar-refractivity contribution in [2.24, 2.45) is 0 Å². The zero-order chi connectivity index (χ0) is 20.5. The number of H-pyrrole nitrogens is 1. The lowest BCUT2D eigenvalue weighted by molar-refractivity contribution is -0.137. The van der Waals surface area contributed by atoms with Crippen LogP contribution in [0, 0.1) is 20.8 Å². The molecule has 6 nitrogen and oxygen atoms in total. The molecule has 2 aromatic heterocycles. The standard InChI is InChI=1S/C19H20F3N5O/c1-11-17(8-18(28)24-10-15-9-23-13(3)25-15)12(2)27(26-11)16-6-4-5-14(7-16)19(20,21)22/h4-7,9H,8,10H2,1-3H3,(H,23,25)(H,24,28). The van der Waals surface area contributed by atoms with E-state index in [2.05, 4.69) is 20.4 Å². The van der Waals surface area contributed by atoms with Gasteiger partial charge in [0.1, 0.15) is 5.82 Å². The fourth-order valence-electron chi connectivity index (χ4n) is 2.97. The molecule has 0 saturated carbocycles. The monoisotopic (exact) mass is 391 g/mol. The zero-order valence-electron chi connectivity index (χ0n) is 15.7. The summed E-state index contributed by atoms with van der Waals surface area (Å²) >= 11 is 0. The van der Waals surface area contributed by atoms with Crippen LogP contribution in [0.5, 0.6) is 0 Å². The highest BCUT2D eigenvalue weighted by Crippen LogP contribution is 2.30. The Morgan fingerprint density at radius 1 is 1.25 bits per heavy atom. The molecule has 0 atom stereocenters. The second kappa shape index (κ2) is 7.49. The summed E-state index contributed by atoms with van der Waals surface area (Å²) in [6.45, 7) is 5.61. The number of aromatic nitrogens is 4. The van der Waals surface area contributed by atoms with Gasteiger partial charge >= 0.3 is 6.18 Å². The van der Waals surface area contributed by atoms with E-state index in [0.717, 1.165) is 23.7 Å². The van der Waals surface area contributed by atoms with Gasteiger partial charge in [-0.05, 0) is 39.0 Å². The number of aromatic amines is 1. The van der Waals surface area contributed by atoms with Gasteiger partial charge in [0.25, 0.3) is 0 Å². The van der Waals surface area contributed by atoms with E-state index in [4.69, 9.17) is 0 Å². The number of halogens is 3. The van der Waals surface area contributed by atoms with Gasteiger partial charge < -0.3 is 10.3 Å². The average molecular weight is 391 g/mol. The Morgan fingerprint density at radius 2 is 2.00 bits per heavy atom. The molecule has 0 aliphatic carbocycles. The summed E-state index contributed by atoms with van der Waals surface area (Å²) in [6, 6.07) is 4.96. The fourth-order valence-corrected chi connectivity index (χ4v) is 2.97. The molecular weight excluding hydrogens is 371 g/mol. The first-order valence-corrected chi connectivity index (χ1v) is 8.65. The first-order valence-electron chi connectivity index (χ1n) is 8.65. The smallest absolute Gasteiger partial charge is 0.350 e. The van der Waals surface area contributed by atoms with Crippen LogP contribution in [0.4, 0.5) is 13.2 Å². The van der Waals surface area contributed by atoms with Gasteiger partial charge in [-0.25, -0.2) is 9.67 Å². The van der Waals surface area contributed by atoms with Crippen LogP contribution in [-0.4, -0.2) is 25.7 Å². The van der Waals surface area contributed by atoms with E-state index in [-0.39, 0.29) is 12.3 Å². The number of carbonyl (C=O) groups is 1. The van der Waals surface area contributed by atoms with E-state index in [1.54, 1.807) is 26.1 Å². The minimum absolute atomic E-state index is 0.0871. The normalized spacial score (nSPS) is 11.6. The van der Waals surface area contributed by atoms with Crippen molar-refractivity contribution >= 4 is 5.91 Å². The van der Waals surface area contributed by atoms with Crippen LogP contribution < -0.4 is 5.32 Å². The Morgan fingerprint density at radius 3 is 2.64 bits per heavy atom. The van der Waals surface area contributed by atoms with Gasteiger partial charge in [0.05, 0.1) is 41.8 Å². The molecule has 0 spiro atoms. The van der Waals surface area contributed by atoms with E-state index < -0.39 is 11.7 Å². The van der Waals surface area contributed by atoms with Gasteiger partial charge in [-0.1, -0.05) is 6.07 Å². The molecular formula is C19H20F3N5O. The third kappa shape index (κ3) is 4.24. The van der Waals surface area contributed by atoms with E-state index >= 15 is 0 Å². The number of hydrogen-bond donors (Lipinski definition) is 2. The number of hydrogen-bond acceptors (Lipinski definition) is 3. The van der Waals surface area contributed by atoms with E-state index in [1.807, 2.05) is 6.92 Å². The number of benzene rings is 1. The molecule has 3 rings (SSSR count). The molecule has 0 aliphatic heterocycles. The summed E-state index contributed by atoms with van der Waals surface area (Å²) in [7, 11) is 0. The Balaban J connectivity index is 1.77. The van der Waals surface area contributed by atoms with Crippen molar-refractivity contribution in [2.45, 2.75) is 39.9 Å². The van der Waals surface area contributed by atoms with Crippen LogP contribution in [0.25, 0.3) is 5.69 Å². The van der Waals surface area contributed by atoms with Crippen LogP contribution in [0.2, 0.25) is 0 Å². The lowest BCUT2D eigenvalue weighted by Gasteiger charge is -2.10. The highest BCUT2D eigenvalue weighted by molar-refractivity contribution is 5.79. The number of carbonyl (C=O) groups excluding carboxylic acids is 1. The van der Waals surface area contributed by atoms with Gasteiger partial charge in [0.15, 0.2) is 0 Å². The topological polar surface area (TPSA) is 75.6 Å². The van der Waals surface area contributed by atoms with Gasteiger partial charge in [0, 0.05) is 11.3 Å². The van der Waals surface area contributed by atoms with Crippen molar-refractivity contribution in [3.8, 4) is 5.69 Å². The van der Waals surface area contributed by atoms with Crippen molar-refractivity contribution in [1.82, 2.24) is 25.1 Å². The summed E-state index contributed by atoms with van der Waals surface area (Å²) < 4.78 is 40.4. The lowest BCUT2D eigenvalue weighted by Crippen LogP contribution is -2.25. The Labute approximate surface area is 159 Å². The summed E-state index contributed by atoms with van der Waals surface area (Å²) in [5.41, 5.74) is 2.27. The van der Waals surface area contributed by atoms with Crippen LogP contribution >= 0.6 is 0 Å². The van der Waals surface area contributed by atoms with Crippen molar-refractivity contribution in [2.75, 3.05) is 0 Å². The van der Waals surface area contributed by atoms with E-state index in [9.17, 15) is 18.0 Å². The highest BCUT2D eigenvalue weighted by Gasteiger charge is 2.30. The Bertz CT molecular complexity index is 1000. The molecule has 0 aliphatic rings. The summed E-state index contributed by atoms with van der Waals surface area (Å²) in [4.78, 5) is 19.4. The minimum atomic E-state index is -4.43.